The molecule has 6 nitrogen and oxygen atoms in total. The highest BCUT2D eigenvalue weighted by atomic mass is 127. The maximum absolute atomic E-state index is 13.0. The zero-order chi connectivity index (χ0) is 18.1. The number of nitrogens with zero attached hydrogens (tertiary/aromatic N) is 2. The largest absolute Gasteiger partial charge is 0.378 e. The van der Waals surface area contributed by atoms with Crippen LogP contribution in [0.4, 0.5) is 0 Å². The van der Waals surface area contributed by atoms with Crippen LogP contribution < -0.4 is 11.1 Å². The lowest BCUT2D eigenvalue weighted by Gasteiger charge is -2.30. The molecule has 146 valence electrons. The first-order chi connectivity index (χ1) is 12.1. The first-order valence-electron chi connectivity index (χ1n) is 9.03. The molecule has 7 heteroatoms. The molecule has 1 amide bonds. The Morgan fingerprint density at radius 1 is 1.27 bits per heavy atom. The number of nitrogens with two attached hydrogens (primary N) is 1. The van der Waals surface area contributed by atoms with E-state index in [1.165, 1.54) is 0 Å². The molecule has 1 aliphatic heterocycles. The van der Waals surface area contributed by atoms with Crippen molar-refractivity contribution in [3.63, 3.8) is 0 Å². The molecular weight excluding hydrogens is 443 g/mol. The summed E-state index contributed by atoms with van der Waals surface area (Å²) in [6.07, 6.45) is 1.03. The molecule has 1 unspecified atom stereocenters. The summed E-state index contributed by atoms with van der Waals surface area (Å²) in [5, 5.41) is 3.12. The third kappa shape index (κ3) is 7.49. The lowest BCUT2D eigenvalue weighted by molar-refractivity contribution is -0.136. The van der Waals surface area contributed by atoms with E-state index in [1.807, 2.05) is 35.2 Å². The molecule has 0 bridgehead atoms. The van der Waals surface area contributed by atoms with Gasteiger partial charge in [0.1, 0.15) is 0 Å². The summed E-state index contributed by atoms with van der Waals surface area (Å²) in [6.45, 7) is 7.93. The molecule has 0 saturated carbocycles. The SMILES string of the molecule is CC(C)CCNC(N)=NCC(C(=O)N1CCOCC1)c1ccccc1.I. The van der Waals surface area contributed by atoms with Gasteiger partial charge in [-0.3, -0.25) is 9.79 Å². The van der Waals surface area contributed by atoms with E-state index in [1.54, 1.807) is 0 Å². The van der Waals surface area contributed by atoms with Crippen molar-refractivity contribution in [2.24, 2.45) is 16.6 Å². The minimum atomic E-state index is -0.315. The maximum atomic E-state index is 13.0. The molecule has 1 aliphatic rings. The highest BCUT2D eigenvalue weighted by Gasteiger charge is 2.27. The van der Waals surface area contributed by atoms with E-state index in [2.05, 4.69) is 24.2 Å². The van der Waals surface area contributed by atoms with Crippen LogP contribution in [0.15, 0.2) is 35.3 Å². The molecule has 0 radical (unpaired) electrons. The van der Waals surface area contributed by atoms with Gasteiger partial charge in [-0.15, -0.1) is 24.0 Å². The highest BCUT2D eigenvalue weighted by molar-refractivity contribution is 14.0. The number of nitrogens with one attached hydrogen (secondary N) is 1. The van der Waals surface area contributed by atoms with Crippen molar-refractivity contribution in [3.05, 3.63) is 35.9 Å². The molecule has 1 aromatic rings. The van der Waals surface area contributed by atoms with Gasteiger partial charge in [0.25, 0.3) is 0 Å². The Morgan fingerprint density at radius 2 is 1.92 bits per heavy atom. The standard InChI is InChI=1S/C19H30N4O2.HI/c1-15(2)8-9-21-19(20)22-14-17(16-6-4-3-5-7-16)18(24)23-10-12-25-13-11-23;/h3-7,15,17H,8-14H2,1-2H3,(H3,20,21,22);1H. The van der Waals surface area contributed by atoms with Gasteiger partial charge in [0, 0.05) is 19.6 Å². The molecular formula is C19H31IN4O2. The van der Waals surface area contributed by atoms with E-state index >= 15 is 0 Å². The van der Waals surface area contributed by atoms with Crippen molar-refractivity contribution in [1.82, 2.24) is 10.2 Å². The van der Waals surface area contributed by atoms with Crippen LogP contribution in [0.1, 0.15) is 31.7 Å². The summed E-state index contributed by atoms with van der Waals surface area (Å²) in [6, 6.07) is 9.79. The maximum Gasteiger partial charge on any atom is 0.232 e. The Kier molecular flexibility index (Phi) is 10.6. The van der Waals surface area contributed by atoms with Gasteiger partial charge >= 0.3 is 0 Å². The van der Waals surface area contributed by atoms with Gasteiger partial charge in [-0.25, -0.2) is 0 Å². The Bertz CT molecular complexity index is 560. The van der Waals surface area contributed by atoms with Gasteiger partial charge in [0.2, 0.25) is 5.91 Å². The Labute approximate surface area is 173 Å². The lowest BCUT2D eigenvalue weighted by atomic mass is 9.97. The average molecular weight is 474 g/mol. The second kappa shape index (κ2) is 12.1. The van der Waals surface area contributed by atoms with E-state index < -0.39 is 0 Å². The van der Waals surface area contributed by atoms with Gasteiger partial charge in [-0.2, -0.15) is 0 Å². The van der Waals surface area contributed by atoms with E-state index in [0.717, 1.165) is 18.5 Å². The monoisotopic (exact) mass is 474 g/mol. The van der Waals surface area contributed by atoms with Crippen LogP contribution in [0.25, 0.3) is 0 Å². The first kappa shape index (κ1) is 22.7. The van der Waals surface area contributed by atoms with Crippen molar-refractivity contribution in [2.75, 3.05) is 39.4 Å². The smallest absolute Gasteiger partial charge is 0.232 e. The topological polar surface area (TPSA) is 79.9 Å². The van der Waals surface area contributed by atoms with Crippen LogP contribution in [0.3, 0.4) is 0 Å². The molecule has 0 aromatic heterocycles. The van der Waals surface area contributed by atoms with Gasteiger partial charge < -0.3 is 20.7 Å². The lowest BCUT2D eigenvalue weighted by Crippen LogP contribution is -2.44. The zero-order valence-electron chi connectivity index (χ0n) is 15.7. The number of aliphatic imine (C=N–C) groups is 1. The summed E-state index contributed by atoms with van der Waals surface area (Å²) in [4.78, 5) is 19.2. The number of benzene rings is 1. The van der Waals surface area contributed by atoms with Crippen molar-refractivity contribution >= 4 is 35.8 Å². The van der Waals surface area contributed by atoms with Crippen molar-refractivity contribution in [2.45, 2.75) is 26.2 Å². The van der Waals surface area contributed by atoms with E-state index in [-0.39, 0.29) is 35.8 Å². The van der Waals surface area contributed by atoms with Gasteiger partial charge in [-0.1, -0.05) is 44.2 Å². The Hall–Kier alpha value is -1.35. The summed E-state index contributed by atoms with van der Waals surface area (Å²) in [5.41, 5.74) is 6.93. The summed E-state index contributed by atoms with van der Waals surface area (Å²) in [5.74, 6) is 0.787. The number of hydrogen-bond donors (Lipinski definition) is 2. The van der Waals surface area contributed by atoms with E-state index in [4.69, 9.17) is 10.5 Å². The summed E-state index contributed by atoms with van der Waals surface area (Å²) >= 11 is 0. The van der Waals surface area contributed by atoms with Crippen molar-refractivity contribution in [1.29, 1.82) is 0 Å². The molecule has 3 N–H and O–H groups in total. The Balaban J connectivity index is 0.00000338. The zero-order valence-corrected chi connectivity index (χ0v) is 18.0. The van der Waals surface area contributed by atoms with Crippen LogP contribution >= 0.6 is 24.0 Å². The minimum Gasteiger partial charge on any atom is -0.378 e. The van der Waals surface area contributed by atoms with Crippen molar-refractivity contribution < 1.29 is 9.53 Å². The summed E-state index contributed by atoms with van der Waals surface area (Å²) in [7, 11) is 0. The molecule has 1 fully saturated rings. The fourth-order valence-corrected chi connectivity index (χ4v) is 2.75. The number of morpholine rings is 1. The second-order valence-electron chi connectivity index (χ2n) is 6.74. The molecule has 26 heavy (non-hydrogen) atoms. The quantitative estimate of drug-likeness (QED) is 0.361. The highest BCUT2D eigenvalue weighted by Crippen LogP contribution is 2.20. The number of ether oxygens (including phenoxy) is 1. The van der Waals surface area contributed by atoms with Crippen LogP contribution in [0.5, 0.6) is 0 Å². The Morgan fingerprint density at radius 3 is 2.54 bits per heavy atom. The van der Waals surface area contributed by atoms with E-state index in [9.17, 15) is 4.79 Å². The molecule has 2 rings (SSSR count). The predicted octanol–water partition coefficient (Wildman–Crippen LogP) is 2.20. The predicted molar refractivity (Wildman–Crippen MR) is 116 cm³/mol. The van der Waals surface area contributed by atoms with E-state index in [0.29, 0.717) is 44.7 Å². The second-order valence-corrected chi connectivity index (χ2v) is 6.74. The van der Waals surface area contributed by atoms with Crippen LogP contribution in [-0.4, -0.2) is 56.2 Å². The molecule has 1 heterocycles. The fraction of sp³-hybridized carbons (Fsp3) is 0.579. The van der Waals surface area contributed by atoms with Gasteiger partial charge in [-0.05, 0) is 17.9 Å². The van der Waals surface area contributed by atoms with Gasteiger partial charge in [0.05, 0.1) is 25.7 Å². The fourth-order valence-electron chi connectivity index (χ4n) is 2.75. The molecule has 0 aliphatic carbocycles. The number of carbonyl (C=O) groups excluding carboxylic acids is 1. The number of rotatable bonds is 7. The summed E-state index contributed by atoms with van der Waals surface area (Å²) < 4.78 is 5.35. The number of guanidine groups is 1. The molecule has 1 atom stereocenters. The average Bonchev–Trinajstić information content (AvgIpc) is 2.63. The van der Waals surface area contributed by atoms with Crippen LogP contribution in [0, 0.1) is 5.92 Å². The third-order valence-electron chi connectivity index (χ3n) is 4.29. The molecule has 1 saturated heterocycles. The first-order valence-corrected chi connectivity index (χ1v) is 9.03. The van der Waals surface area contributed by atoms with Crippen molar-refractivity contribution in [3.8, 4) is 0 Å². The van der Waals surface area contributed by atoms with Crippen LogP contribution in [-0.2, 0) is 9.53 Å². The number of amides is 1. The molecule has 1 aromatic carbocycles. The normalized spacial score (nSPS) is 16.1. The number of halogens is 1. The van der Waals surface area contributed by atoms with Gasteiger partial charge in [0.15, 0.2) is 5.96 Å². The third-order valence-corrected chi connectivity index (χ3v) is 4.29. The molecule has 0 spiro atoms. The van der Waals surface area contributed by atoms with Crippen LogP contribution in [0.2, 0.25) is 0 Å². The number of carbonyl (C=O) groups is 1. The minimum absolute atomic E-state index is 0. The number of hydrogen-bond acceptors (Lipinski definition) is 3.